The standard InChI is InChI=1S/C20H21ClN4O2/c1-12-13(2)27-20-17(12)18(22-11-23-20)25-8-6-14(7-9-25)19(26)24-16-5-3-4-15(21)10-16/h3-5,10-11,14H,6-9H2,1-2H3,(H,24,26). The van der Waals surface area contributed by atoms with Gasteiger partial charge in [-0.1, -0.05) is 17.7 Å². The number of aromatic nitrogens is 2. The van der Waals surface area contributed by atoms with Crippen LogP contribution in [-0.2, 0) is 4.79 Å². The van der Waals surface area contributed by atoms with Gasteiger partial charge in [0.05, 0.1) is 5.39 Å². The van der Waals surface area contributed by atoms with E-state index in [0.29, 0.717) is 10.7 Å². The number of carbonyl (C=O) groups excluding carboxylic acids is 1. The molecule has 140 valence electrons. The van der Waals surface area contributed by atoms with Crippen LogP contribution in [0.5, 0.6) is 0 Å². The Morgan fingerprint density at radius 1 is 1.26 bits per heavy atom. The van der Waals surface area contributed by atoms with Crippen molar-refractivity contribution in [2.45, 2.75) is 26.7 Å². The van der Waals surface area contributed by atoms with Crippen molar-refractivity contribution in [3.8, 4) is 0 Å². The minimum atomic E-state index is -0.0234. The maximum atomic E-state index is 12.6. The van der Waals surface area contributed by atoms with Gasteiger partial charge in [0.2, 0.25) is 11.6 Å². The number of anilines is 2. The predicted molar refractivity (Wildman–Crippen MR) is 106 cm³/mol. The van der Waals surface area contributed by atoms with Gasteiger partial charge >= 0.3 is 0 Å². The molecule has 1 N–H and O–H groups in total. The van der Waals surface area contributed by atoms with E-state index in [1.54, 1.807) is 12.1 Å². The molecule has 3 aromatic rings. The first-order valence-electron chi connectivity index (χ1n) is 9.05. The number of hydrogen-bond donors (Lipinski definition) is 1. The summed E-state index contributed by atoms with van der Waals surface area (Å²) in [6, 6.07) is 7.23. The van der Waals surface area contributed by atoms with E-state index in [1.165, 1.54) is 6.33 Å². The Morgan fingerprint density at radius 2 is 2.04 bits per heavy atom. The smallest absolute Gasteiger partial charge is 0.231 e. The summed E-state index contributed by atoms with van der Waals surface area (Å²) in [4.78, 5) is 23.5. The maximum absolute atomic E-state index is 12.6. The third-order valence-electron chi connectivity index (χ3n) is 5.20. The molecule has 0 radical (unpaired) electrons. The number of fused-ring (bicyclic) bond motifs is 1. The molecule has 0 atom stereocenters. The number of halogens is 1. The minimum absolute atomic E-state index is 0.0234. The second kappa shape index (κ2) is 7.19. The monoisotopic (exact) mass is 384 g/mol. The zero-order valence-corrected chi connectivity index (χ0v) is 16.1. The maximum Gasteiger partial charge on any atom is 0.231 e. The van der Waals surface area contributed by atoms with E-state index in [4.69, 9.17) is 16.0 Å². The van der Waals surface area contributed by atoms with Crippen LogP contribution < -0.4 is 10.2 Å². The van der Waals surface area contributed by atoms with Crippen molar-refractivity contribution in [2.75, 3.05) is 23.3 Å². The Hall–Kier alpha value is -2.60. The number of carbonyl (C=O) groups is 1. The van der Waals surface area contributed by atoms with Gasteiger partial charge in [-0.3, -0.25) is 4.79 Å². The average molecular weight is 385 g/mol. The highest BCUT2D eigenvalue weighted by Gasteiger charge is 2.27. The van der Waals surface area contributed by atoms with Crippen LogP contribution in [0.25, 0.3) is 11.1 Å². The third-order valence-corrected chi connectivity index (χ3v) is 5.44. The lowest BCUT2D eigenvalue weighted by Crippen LogP contribution is -2.38. The van der Waals surface area contributed by atoms with Crippen LogP contribution in [0.2, 0.25) is 5.02 Å². The number of amides is 1. The summed E-state index contributed by atoms with van der Waals surface area (Å²) in [5, 5.41) is 4.55. The van der Waals surface area contributed by atoms with Crippen LogP contribution in [-0.4, -0.2) is 29.0 Å². The number of furan rings is 1. The van der Waals surface area contributed by atoms with Gasteiger partial charge in [0, 0.05) is 35.3 Å². The fraction of sp³-hybridized carbons (Fsp3) is 0.350. The zero-order chi connectivity index (χ0) is 19.0. The van der Waals surface area contributed by atoms with E-state index in [2.05, 4.69) is 20.2 Å². The summed E-state index contributed by atoms with van der Waals surface area (Å²) in [6.45, 7) is 5.50. The lowest BCUT2D eigenvalue weighted by molar-refractivity contribution is -0.120. The Balaban J connectivity index is 1.46. The number of benzene rings is 1. The summed E-state index contributed by atoms with van der Waals surface area (Å²) < 4.78 is 5.71. The number of piperidine rings is 1. The van der Waals surface area contributed by atoms with Crippen LogP contribution in [0, 0.1) is 19.8 Å². The molecule has 6 nitrogen and oxygen atoms in total. The van der Waals surface area contributed by atoms with Crippen molar-refractivity contribution < 1.29 is 9.21 Å². The van der Waals surface area contributed by atoms with Gasteiger partial charge in [-0.05, 0) is 44.9 Å². The van der Waals surface area contributed by atoms with E-state index in [9.17, 15) is 4.79 Å². The summed E-state index contributed by atoms with van der Waals surface area (Å²) in [5.41, 5.74) is 2.43. The molecule has 1 fully saturated rings. The van der Waals surface area contributed by atoms with Crippen molar-refractivity contribution >= 4 is 40.1 Å². The molecular formula is C20H21ClN4O2. The first-order valence-corrected chi connectivity index (χ1v) is 9.43. The van der Waals surface area contributed by atoms with Crippen molar-refractivity contribution in [3.63, 3.8) is 0 Å². The summed E-state index contributed by atoms with van der Waals surface area (Å²) in [5.74, 6) is 1.77. The molecule has 0 saturated carbocycles. The van der Waals surface area contributed by atoms with Gasteiger partial charge in [-0.15, -0.1) is 0 Å². The number of nitrogens with one attached hydrogen (secondary N) is 1. The lowest BCUT2D eigenvalue weighted by atomic mass is 9.95. The van der Waals surface area contributed by atoms with Gasteiger partial charge in [0.15, 0.2) is 0 Å². The molecule has 1 amide bonds. The van der Waals surface area contributed by atoms with Crippen molar-refractivity contribution in [1.29, 1.82) is 0 Å². The quantitative estimate of drug-likeness (QED) is 0.726. The van der Waals surface area contributed by atoms with Crippen LogP contribution in [0.3, 0.4) is 0 Å². The van der Waals surface area contributed by atoms with E-state index in [-0.39, 0.29) is 11.8 Å². The Labute approximate surface area is 162 Å². The molecule has 7 heteroatoms. The van der Waals surface area contributed by atoms with Crippen LogP contribution >= 0.6 is 11.6 Å². The van der Waals surface area contributed by atoms with Gasteiger partial charge in [-0.2, -0.15) is 0 Å². The second-order valence-corrected chi connectivity index (χ2v) is 7.36. The van der Waals surface area contributed by atoms with E-state index in [0.717, 1.165) is 54.1 Å². The Kier molecular flexibility index (Phi) is 4.74. The molecule has 0 bridgehead atoms. The van der Waals surface area contributed by atoms with Gasteiger partial charge in [0.25, 0.3) is 0 Å². The molecule has 1 aliphatic rings. The topological polar surface area (TPSA) is 71.3 Å². The van der Waals surface area contributed by atoms with Crippen LogP contribution in [0.15, 0.2) is 35.0 Å². The second-order valence-electron chi connectivity index (χ2n) is 6.92. The molecule has 27 heavy (non-hydrogen) atoms. The molecule has 3 heterocycles. The highest BCUT2D eigenvalue weighted by atomic mass is 35.5. The van der Waals surface area contributed by atoms with Gasteiger partial charge < -0.3 is 14.6 Å². The first-order chi connectivity index (χ1) is 13.0. The highest BCUT2D eigenvalue weighted by molar-refractivity contribution is 6.30. The van der Waals surface area contributed by atoms with Crippen LogP contribution in [0.4, 0.5) is 11.5 Å². The molecule has 0 spiro atoms. The van der Waals surface area contributed by atoms with E-state index in [1.807, 2.05) is 26.0 Å². The Bertz CT molecular complexity index is 993. The van der Waals surface area contributed by atoms with E-state index >= 15 is 0 Å². The molecule has 4 rings (SSSR count). The minimum Gasteiger partial charge on any atom is -0.443 e. The third kappa shape index (κ3) is 3.49. The van der Waals surface area contributed by atoms with Gasteiger partial charge in [-0.25, -0.2) is 9.97 Å². The number of rotatable bonds is 3. The molecular weight excluding hydrogens is 364 g/mol. The summed E-state index contributed by atoms with van der Waals surface area (Å²) in [7, 11) is 0. The van der Waals surface area contributed by atoms with Crippen LogP contribution in [0.1, 0.15) is 24.2 Å². The fourth-order valence-corrected chi connectivity index (χ4v) is 3.76. The normalized spacial score (nSPS) is 15.3. The molecule has 1 aliphatic heterocycles. The summed E-state index contributed by atoms with van der Waals surface area (Å²) >= 11 is 5.99. The number of aryl methyl sites for hydroxylation is 2. The summed E-state index contributed by atoms with van der Waals surface area (Å²) in [6.07, 6.45) is 3.08. The molecule has 0 aliphatic carbocycles. The highest BCUT2D eigenvalue weighted by Crippen LogP contribution is 2.32. The molecule has 0 unspecified atom stereocenters. The van der Waals surface area contributed by atoms with Crippen molar-refractivity contribution in [1.82, 2.24) is 9.97 Å². The zero-order valence-electron chi connectivity index (χ0n) is 15.3. The average Bonchev–Trinajstić information content (AvgIpc) is 2.96. The number of hydrogen-bond acceptors (Lipinski definition) is 5. The van der Waals surface area contributed by atoms with Crippen molar-refractivity contribution in [3.05, 3.63) is 46.9 Å². The molecule has 1 aromatic carbocycles. The SMILES string of the molecule is Cc1oc2ncnc(N3CCC(C(=O)Nc4cccc(Cl)c4)CC3)c2c1C. The van der Waals surface area contributed by atoms with Gasteiger partial charge in [0.1, 0.15) is 17.9 Å². The fourth-order valence-electron chi connectivity index (χ4n) is 3.57. The Morgan fingerprint density at radius 3 is 2.78 bits per heavy atom. The predicted octanol–water partition coefficient (Wildman–Crippen LogP) is 4.35. The van der Waals surface area contributed by atoms with Crippen molar-refractivity contribution in [2.24, 2.45) is 5.92 Å². The van der Waals surface area contributed by atoms with E-state index < -0.39 is 0 Å². The number of nitrogens with zero attached hydrogens (tertiary/aromatic N) is 3. The molecule has 1 saturated heterocycles. The largest absolute Gasteiger partial charge is 0.443 e. The molecule has 2 aromatic heterocycles. The lowest BCUT2D eigenvalue weighted by Gasteiger charge is -2.32. The first kappa shape index (κ1) is 17.8.